The monoisotopic (exact) mass is 448 g/mol. The van der Waals surface area contributed by atoms with Crippen molar-refractivity contribution in [2.75, 3.05) is 0 Å². The number of nitrogens with zero attached hydrogens (tertiary/aromatic N) is 2. The summed E-state index contributed by atoms with van der Waals surface area (Å²) >= 11 is 0. The smallest absolute Gasteiger partial charge is 0.0636 e. The largest absolute Gasteiger partial charge is 0.252 e. The van der Waals surface area contributed by atoms with E-state index in [1.807, 2.05) is 0 Å². The Morgan fingerprint density at radius 3 is 1.43 bits per heavy atom. The molecule has 0 saturated heterocycles. The summed E-state index contributed by atoms with van der Waals surface area (Å²) in [4.78, 5) is 10.2. The van der Waals surface area contributed by atoms with E-state index in [0.29, 0.717) is 0 Å². The number of hydrogen-bond donors (Lipinski definition) is 0. The van der Waals surface area contributed by atoms with E-state index in [0.717, 1.165) is 54.9 Å². The van der Waals surface area contributed by atoms with Gasteiger partial charge in [-0.25, -0.2) is 0 Å². The number of aliphatic imine (C=N–C) groups is 2. The molecule has 30 heavy (non-hydrogen) atoms. The maximum Gasteiger partial charge on any atom is 0.0636 e. The topological polar surface area (TPSA) is 24.7 Å². The summed E-state index contributed by atoms with van der Waals surface area (Å²) in [6.07, 6.45) is 7.90. The zero-order valence-corrected chi connectivity index (χ0v) is 20.6. The van der Waals surface area contributed by atoms with Crippen molar-refractivity contribution < 1.29 is 16.5 Å². The van der Waals surface area contributed by atoms with E-state index in [-0.39, 0.29) is 16.5 Å². The molecule has 0 spiro atoms. The van der Waals surface area contributed by atoms with Crippen molar-refractivity contribution in [3.63, 3.8) is 0 Å². The van der Waals surface area contributed by atoms with Crippen molar-refractivity contribution >= 4 is 22.8 Å². The predicted molar refractivity (Wildman–Crippen MR) is 130 cm³/mol. The van der Waals surface area contributed by atoms with Gasteiger partial charge >= 0.3 is 0 Å². The van der Waals surface area contributed by atoms with Gasteiger partial charge in [-0.2, -0.15) is 0 Å². The van der Waals surface area contributed by atoms with Crippen LogP contribution in [0.15, 0.2) is 46.4 Å². The Labute approximate surface area is 194 Å². The molecule has 0 radical (unpaired) electrons. The molecule has 0 fully saturated rings. The van der Waals surface area contributed by atoms with E-state index >= 15 is 0 Å². The van der Waals surface area contributed by atoms with Crippen LogP contribution in [-0.4, -0.2) is 11.4 Å². The Morgan fingerprint density at radius 1 is 0.600 bits per heavy atom. The first-order valence-electron chi connectivity index (χ1n) is 11.2. The van der Waals surface area contributed by atoms with Gasteiger partial charge in [0, 0.05) is 16.5 Å². The fourth-order valence-corrected chi connectivity index (χ4v) is 3.32. The summed E-state index contributed by atoms with van der Waals surface area (Å²) in [5.74, 6) is 0. The first-order chi connectivity index (χ1) is 13.9. The summed E-state index contributed by atoms with van der Waals surface area (Å²) in [7, 11) is 0. The second kappa shape index (κ2) is 13.6. The standard InChI is InChI=1S/C27H38N2.Ni/c1-7-9-11-13-27(29-25-17-15-21(4)23(6)19-25)26(12-10-8-2)28-24-16-14-20(3)22(5)18-24;/h14-19H,7-13H2,1-6H3;/b28-26+,29-27+;. The minimum Gasteiger partial charge on any atom is -0.252 e. The van der Waals surface area contributed by atoms with Crippen LogP contribution >= 0.6 is 0 Å². The van der Waals surface area contributed by atoms with Gasteiger partial charge in [0.1, 0.15) is 0 Å². The first-order valence-corrected chi connectivity index (χ1v) is 11.2. The normalized spacial score (nSPS) is 12.1. The second-order valence-electron chi connectivity index (χ2n) is 8.21. The van der Waals surface area contributed by atoms with Gasteiger partial charge in [0.05, 0.1) is 22.8 Å². The molecule has 2 aromatic rings. The summed E-state index contributed by atoms with van der Waals surface area (Å²) in [6.45, 7) is 13.1. The molecule has 0 unspecified atom stereocenters. The number of hydrogen-bond acceptors (Lipinski definition) is 2. The van der Waals surface area contributed by atoms with E-state index in [1.54, 1.807) is 0 Å². The Bertz CT molecular complexity index is 865. The van der Waals surface area contributed by atoms with E-state index in [9.17, 15) is 0 Å². The van der Waals surface area contributed by atoms with Crippen molar-refractivity contribution in [1.82, 2.24) is 0 Å². The summed E-state index contributed by atoms with van der Waals surface area (Å²) in [6, 6.07) is 13.0. The van der Waals surface area contributed by atoms with E-state index in [1.165, 1.54) is 35.1 Å². The third-order valence-electron chi connectivity index (χ3n) is 5.63. The van der Waals surface area contributed by atoms with Crippen LogP contribution < -0.4 is 0 Å². The van der Waals surface area contributed by atoms with Gasteiger partial charge in [-0.3, -0.25) is 9.98 Å². The molecule has 2 rings (SSSR count). The molecular weight excluding hydrogens is 411 g/mol. The average molecular weight is 449 g/mol. The van der Waals surface area contributed by atoms with Gasteiger partial charge in [0.25, 0.3) is 0 Å². The molecule has 0 N–H and O–H groups in total. The average Bonchev–Trinajstić information content (AvgIpc) is 2.70. The molecule has 0 amide bonds. The quantitative estimate of drug-likeness (QED) is 0.197. The summed E-state index contributed by atoms with van der Waals surface area (Å²) in [5, 5.41) is 0. The molecule has 0 aliphatic rings. The molecule has 0 saturated carbocycles. The third-order valence-corrected chi connectivity index (χ3v) is 5.63. The van der Waals surface area contributed by atoms with Crippen molar-refractivity contribution in [3.8, 4) is 0 Å². The predicted octanol–water partition coefficient (Wildman–Crippen LogP) is 8.53. The summed E-state index contributed by atoms with van der Waals surface area (Å²) in [5.41, 5.74) is 9.61. The van der Waals surface area contributed by atoms with Crippen molar-refractivity contribution in [3.05, 3.63) is 58.7 Å². The number of aryl methyl sites for hydroxylation is 4. The van der Waals surface area contributed by atoms with Gasteiger partial charge in [-0.15, -0.1) is 0 Å². The van der Waals surface area contributed by atoms with E-state index < -0.39 is 0 Å². The Balaban J connectivity index is 0.00000450. The van der Waals surface area contributed by atoms with Gasteiger partial charge in [-0.1, -0.05) is 45.2 Å². The third kappa shape index (κ3) is 8.19. The zero-order valence-electron chi connectivity index (χ0n) is 19.6. The first kappa shape index (κ1) is 26.3. The molecule has 2 aromatic carbocycles. The second-order valence-corrected chi connectivity index (χ2v) is 8.21. The van der Waals surface area contributed by atoms with Crippen LogP contribution in [0.2, 0.25) is 0 Å². The maximum absolute atomic E-state index is 5.11. The van der Waals surface area contributed by atoms with Gasteiger partial charge in [-0.05, 0) is 99.9 Å². The van der Waals surface area contributed by atoms with Gasteiger partial charge < -0.3 is 0 Å². The Kier molecular flexibility index (Phi) is 11.9. The molecule has 0 aliphatic heterocycles. The maximum atomic E-state index is 5.11. The van der Waals surface area contributed by atoms with Crippen LogP contribution in [0, 0.1) is 27.7 Å². The summed E-state index contributed by atoms with van der Waals surface area (Å²) < 4.78 is 0. The fraction of sp³-hybridized carbons (Fsp3) is 0.481. The SMILES string of the molecule is CCCCCC(=N\c1ccc(C)c(C)c1)/C(CCCC)=N/c1ccc(C)c(C)c1.[Ni]. The molecule has 3 heteroatoms. The van der Waals surface area contributed by atoms with Crippen LogP contribution in [0.4, 0.5) is 11.4 Å². The molecule has 0 heterocycles. The number of rotatable bonds is 10. The van der Waals surface area contributed by atoms with E-state index in [2.05, 4.69) is 77.9 Å². The van der Waals surface area contributed by atoms with Crippen LogP contribution in [-0.2, 0) is 16.5 Å². The minimum atomic E-state index is 0. The molecule has 0 bridgehead atoms. The molecule has 2 nitrogen and oxygen atoms in total. The van der Waals surface area contributed by atoms with Crippen molar-refractivity contribution in [2.45, 2.75) is 86.5 Å². The number of benzene rings is 2. The molecule has 166 valence electrons. The Hall–Kier alpha value is -1.73. The molecule has 0 aliphatic carbocycles. The molecule has 0 aromatic heterocycles. The van der Waals surface area contributed by atoms with Gasteiger partial charge in [0.2, 0.25) is 0 Å². The van der Waals surface area contributed by atoms with E-state index in [4.69, 9.17) is 9.98 Å². The zero-order chi connectivity index (χ0) is 21.2. The number of unbranched alkanes of at least 4 members (excludes halogenated alkanes) is 3. The molecule has 0 atom stereocenters. The van der Waals surface area contributed by atoms with Crippen molar-refractivity contribution in [2.24, 2.45) is 9.98 Å². The van der Waals surface area contributed by atoms with Crippen LogP contribution in [0.3, 0.4) is 0 Å². The Morgan fingerprint density at radius 2 is 1.03 bits per heavy atom. The minimum absolute atomic E-state index is 0. The molecular formula is C27H38N2Ni. The van der Waals surface area contributed by atoms with Gasteiger partial charge in [0.15, 0.2) is 0 Å². The van der Waals surface area contributed by atoms with Crippen LogP contribution in [0.25, 0.3) is 0 Å². The van der Waals surface area contributed by atoms with Crippen LogP contribution in [0.5, 0.6) is 0 Å². The van der Waals surface area contributed by atoms with Crippen molar-refractivity contribution in [1.29, 1.82) is 0 Å². The fourth-order valence-electron chi connectivity index (χ4n) is 3.32. The van der Waals surface area contributed by atoms with Crippen LogP contribution in [0.1, 0.15) is 81.0 Å².